The van der Waals surface area contributed by atoms with Crippen molar-refractivity contribution in [1.29, 1.82) is 0 Å². The highest BCUT2D eigenvalue weighted by Gasteiger charge is 2.19. The van der Waals surface area contributed by atoms with E-state index in [0.717, 1.165) is 5.95 Å². The Kier molecular flexibility index (Phi) is 4.23. The quantitative estimate of drug-likeness (QED) is 0.904. The second-order valence-corrected chi connectivity index (χ2v) is 5.83. The minimum Gasteiger partial charge on any atom is -0.353 e. The molecule has 0 aliphatic heterocycles. The molecule has 1 aliphatic rings. The van der Waals surface area contributed by atoms with E-state index in [1.165, 1.54) is 38.2 Å². The lowest BCUT2D eigenvalue weighted by atomic mass is 9.96. The number of imidazole rings is 1. The standard InChI is InChI=1S/C17H22FN3/c1-13(15-9-5-6-10-16(15)18)21-12-11-19-17(21)20-14-7-3-2-4-8-14/h5-6,9-14H,2-4,7-8H2,1H3,(H,19,20). The monoisotopic (exact) mass is 287 g/mol. The summed E-state index contributed by atoms with van der Waals surface area (Å²) in [7, 11) is 0. The van der Waals surface area contributed by atoms with Crippen LogP contribution < -0.4 is 5.32 Å². The van der Waals surface area contributed by atoms with Crippen LogP contribution in [0.25, 0.3) is 0 Å². The van der Waals surface area contributed by atoms with E-state index in [2.05, 4.69) is 10.3 Å². The van der Waals surface area contributed by atoms with Gasteiger partial charge in [0.05, 0.1) is 6.04 Å². The van der Waals surface area contributed by atoms with Crippen LogP contribution in [0.2, 0.25) is 0 Å². The molecular formula is C17H22FN3. The van der Waals surface area contributed by atoms with Crippen molar-refractivity contribution in [2.75, 3.05) is 5.32 Å². The van der Waals surface area contributed by atoms with E-state index in [1.54, 1.807) is 12.3 Å². The maximum Gasteiger partial charge on any atom is 0.203 e. The third-order valence-corrected chi connectivity index (χ3v) is 4.38. The van der Waals surface area contributed by atoms with Crippen LogP contribution in [0.5, 0.6) is 0 Å². The van der Waals surface area contributed by atoms with Gasteiger partial charge in [0, 0.05) is 24.0 Å². The van der Waals surface area contributed by atoms with E-state index in [0.29, 0.717) is 11.6 Å². The van der Waals surface area contributed by atoms with Crippen molar-refractivity contribution < 1.29 is 4.39 Å². The normalized spacial score (nSPS) is 17.6. The van der Waals surface area contributed by atoms with Gasteiger partial charge in [0.15, 0.2) is 0 Å². The molecule has 1 aromatic carbocycles. The second kappa shape index (κ2) is 6.29. The highest BCUT2D eigenvalue weighted by Crippen LogP contribution is 2.26. The Labute approximate surface area is 125 Å². The van der Waals surface area contributed by atoms with Gasteiger partial charge < -0.3 is 9.88 Å². The van der Waals surface area contributed by atoms with Crippen molar-refractivity contribution in [2.24, 2.45) is 0 Å². The summed E-state index contributed by atoms with van der Waals surface area (Å²) in [6, 6.07) is 7.37. The average molecular weight is 287 g/mol. The molecule has 0 saturated heterocycles. The van der Waals surface area contributed by atoms with Crippen molar-refractivity contribution in [3.63, 3.8) is 0 Å². The molecular weight excluding hydrogens is 265 g/mol. The number of rotatable bonds is 4. The Morgan fingerprint density at radius 3 is 2.76 bits per heavy atom. The van der Waals surface area contributed by atoms with E-state index in [9.17, 15) is 4.39 Å². The number of benzene rings is 1. The van der Waals surface area contributed by atoms with Gasteiger partial charge in [-0.25, -0.2) is 9.37 Å². The zero-order chi connectivity index (χ0) is 14.7. The molecule has 1 N–H and O–H groups in total. The zero-order valence-corrected chi connectivity index (χ0v) is 12.4. The molecule has 21 heavy (non-hydrogen) atoms. The minimum absolute atomic E-state index is 0.0696. The number of nitrogens with zero attached hydrogens (tertiary/aromatic N) is 2. The van der Waals surface area contributed by atoms with Crippen molar-refractivity contribution in [2.45, 2.75) is 51.1 Å². The number of aromatic nitrogens is 2. The molecule has 0 bridgehead atoms. The summed E-state index contributed by atoms with van der Waals surface area (Å²) in [5.74, 6) is 0.681. The number of hydrogen-bond donors (Lipinski definition) is 1. The molecule has 4 heteroatoms. The predicted molar refractivity (Wildman–Crippen MR) is 82.9 cm³/mol. The zero-order valence-electron chi connectivity index (χ0n) is 12.4. The van der Waals surface area contributed by atoms with Crippen LogP contribution in [-0.2, 0) is 0 Å². The fourth-order valence-corrected chi connectivity index (χ4v) is 3.13. The molecule has 1 saturated carbocycles. The summed E-state index contributed by atoms with van der Waals surface area (Å²) in [4.78, 5) is 4.42. The van der Waals surface area contributed by atoms with Crippen LogP contribution >= 0.6 is 0 Å². The van der Waals surface area contributed by atoms with Gasteiger partial charge in [-0.15, -0.1) is 0 Å². The SMILES string of the molecule is CC(c1ccccc1F)n1ccnc1NC1CCCCC1. The van der Waals surface area contributed by atoms with Gasteiger partial charge in [-0.1, -0.05) is 37.5 Å². The van der Waals surface area contributed by atoms with Gasteiger partial charge in [0.25, 0.3) is 0 Å². The number of halogens is 1. The van der Waals surface area contributed by atoms with E-state index in [4.69, 9.17) is 0 Å². The third kappa shape index (κ3) is 3.09. The molecule has 1 atom stereocenters. The summed E-state index contributed by atoms with van der Waals surface area (Å²) >= 11 is 0. The first-order valence-corrected chi connectivity index (χ1v) is 7.79. The Morgan fingerprint density at radius 2 is 2.00 bits per heavy atom. The molecule has 1 aromatic heterocycles. The van der Waals surface area contributed by atoms with Crippen LogP contribution in [0.4, 0.5) is 10.3 Å². The first-order valence-electron chi connectivity index (χ1n) is 7.79. The van der Waals surface area contributed by atoms with Crippen LogP contribution in [0.1, 0.15) is 50.6 Å². The fraction of sp³-hybridized carbons (Fsp3) is 0.471. The molecule has 2 aromatic rings. The summed E-state index contributed by atoms with van der Waals surface area (Å²) < 4.78 is 16.0. The molecule has 0 spiro atoms. The second-order valence-electron chi connectivity index (χ2n) is 5.83. The van der Waals surface area contributed by atoms with Gasteiger partial charge in [0.1, 0.15) is 5.82 Å². The Morgan fingerprint density at radius 1 is 1.24 bits per heavy atom. The molecule has 1 heterocycles. The Balaban J connectivity index is 1.79. The molecule has 0 radical (unpaired) electrons. The minimum atomic E-state index is -0.165. The first-order chi connectivity index (χ1) is 10.3. The van der Waals surface area contributed by atoms with Crippen LogP contribution in [0.15, 0.2) is 36.7 Å². The maximum atomic E-state index is 14.0. The van der Waals surface area contributed by atoms with Gasteiger partial charge >= 0.3 is 0 Å². The largest absolute Gasteiger partial charge is 0.353 e. The predicted octanol–water partition coefficient (Wildman–Crippen LogP) is 4.38. The highest BCUT2D eigenvalue weighted by atomic mass is 19.1. The van der Waals surface area contributed by atoms with Crippen molar-refractivity contribution in [1.82, 2.24) is 9.55 Å². The van der Waals surface area contributed by atoms with Crippen molar-refractivity contribution >= 4 is 5.95 Å². The summed E-state index contributed by atoms with van der Waals surface area (Å²) in [6.07, 6.45) is 9.98. The van der Waals surface area contributed by atoms with E-state index in [-0.39, 0.29) is 11.9 Å². The summed E-state index contributed by atoms with van der Waals surface area (Å²) in [5, 5.41) is 3.53. The van der Waals surface area contributed by atoms with E-state index >= 15 is 0 Å². The molecule has 0 amide bonds. The average Bonchev–Trinajstić information content (AvgIpc) is 2.96. The lowest BCUT2D eigenvalue weighted by molar-refractivity contribution is 0.457. The number of anilines is 1. The topological polar surface area (TPSA) is 29.9 Å². The molecule has 3 nitrogen and oxygen atoms in total. The highest BCUT2D eigenvalue weighted by molar-refractivity contribution is 5.32. The van der Waals surface area contributed by atoms with E-state index in [1.807, 2.05) is 29.8 Å². The fourth-order valence-electron chi connectivity index (χ4n) is 3.13. The molecule has 1 aliphatic carbocycles. The van der Waals surface area contributed by atoms with E-state index < -0.39 is 0 Å². The molecule has 1 unspecified atom stereocenters. The lowest BCUT2D eigenvalue weighted by Gasteiger charge is -2.25. The molecule has 1 fully saturated rings. The smallest absolute Gasteiger partial charge is 0.203 e. The third-order valence-electron chi connectivity index (χ3n) is 4.38. The van der Waals surface area contributed by atoms with Gasteiger partial charge in [-0.05, 0) is 25.8 Å². The Bertz CT molecular complexity index is 587. The number of hydrogen-bond acceptors (Lipinski definition) is 2. The first kappa shape index (κ1) is 14.1. The Hall–Kier alpha value is -1.84. The van der Waals surface area contributed by atoms with Crippen molar-refractivity contribution in [3.05, 3.63) is 48.0 Å². The number of nitrogens with one attached hydrogen (secondary N) is 1. The van der Waals surface area contributed by atoms with Crippen molar-refractivity contribution in [3.8, 4) is 0 Å². The summed E-state index contributed by atoms with van der Waals surface area (Å²) in [6.45, 7) is 2.01. The summed E-state index contributed by atoms with van der Waals surface area (Å²) in [5.41, 5.74) is 0.696. The van der Waals surface area contributed by atoms with Gasteiger partial charge in [0.2, 0.25) is 5.95 Å². The lowest BCUT2D eigenvalue weighted by Crippen LogP contribution is -2.25. The molecule has 112 valence electrons. The molecule has 3 rings (SSSR count). The van der Waals surface area contributed by atoms with Gasteiger partial charge in [-0.2, -0.15) is 0 Å². The van der Waals surface area contributed by atoms with Crippen LogP contribution in [0, 0.1) is 5.82 Å². The van der Waals surface area contributed by atoms with Gasteiger partial charge in [-0.3, -0.25) is 0 Å². The van der Waals surface area contributed by atoms with Crippen LogP contribution in [0.3, 0.4) is 0 Å². The van der Waals surface area contributed by atoms with Crippen LogP contribution in [-0.4, -0.2) is 15.6 Å². The maximum absolute atomic E-state index is 14.0.